The lowest BCUT2D eigenvalue weighted by Gasteiger charge is -2.25. The molecule has 1 unspecified atom stereocenters. The predicted octanol–water partition coefficient (Wildman–Crippen LogP) is 2.29. The highest BCUT2D eigenvalue weighted by molar-refractivity contribution is 6.32. The number of hydrogen-bond acceptors (Lipinski definition) is 4. The van der Waals surface area contributed by atoms with Crippen molar-refractivity contribution in [1.82, 2.24) is 20.3 Å². The Bertz CT molecular complexity index is 731. The molecule has 1 aromatic heterocycles. The summed E-state index contributed by atoms with van der Waals surface area (Å²) in [6.45, 7) is 3.32. The summed E-state index contributed by atoms with van der Waals surface area (Å²) in [5.74, 6) is -1.69. The van der Waals surface area contributed by atoms with Crippen LogP contribution in [0.25, 0.3) is 5.69 Å². The smallest absolute Gasteiger partial charge is 0.329 e. The number of nitrogens with zero attached hydrogens (tertiary/aromatic N) is 3. The zero-order valence-electron chi connectivity index (χ0n) is 12.8. The molecule has 0 radical (unpaired) electrons. The lowest BCUT2D eigenvalue weighted by atomic mass is 9.96. The Labute approximate surface area is 138 Å². The van der Waals surface area contributed by atoms with Gasteiger partial charge in [-0.1, -0.05) is 42.3 Å². The molecule has 1 atom stereocenters. The fourth-order valence-electron chi connectivity index (χ4n) is 2.16. The zero-order valence-corrected chi connectivity index (χ0v) is 13.5. The monoisotopic (exact) mass is 336 g/mol. The maximum atomic E-state index is 12.2. The number of nitrogens with one attached hydrogen (secondary N) is 1. The second-order valence-corrected chi connectivity index (χ2v) is 5.75. The minimum Gasteiger partial charge on any atom is -0.480 e. The number of carbonyl (C=O) groups excluding carboxylic acids is 1. The van der Waals surface area contributed by atoms with E-state index in [4.69, 9.17) is 11.6 Å². The van der Waals surface area contributed by atoms with Gasteiger partial charge in [0.2, 0.25) is 0 Å². The molecular weight excluding hydrogens is 320 g/mol. The fraction of sp³-hybridized carbons (Fsp3) is 0.333. The first-order chi connectivity index (χ1) is 10.9. The van der Waals surface area contributed by atoms with Crippen LogP contribution in [-0.4, -0.2) is 37.5 Å². The van der Waals surface area contributed by atoms with Gasteiger partial charge in [-0.3, -0.25) is 4.79 Å². The van der Waals surface area contributed by atoms with Gasteiger partial charge in [0.05, 0.1) is 16.9 Å². The van der Waals surface area contributed by atoms with Crippen molar-refractivity contribution in [3.63, 3.8) is 0 Å². The van der Waals surface area contributed by atoms with E-state index in [1.54, 1.807) is 24.3 Å². The lowest BCUT2D eigenvalue weighted by Crippen LogP contribution is -2.52. The van der Waals surface area contributed by atoms with Gasteiger partial charge in [0.15, 0.2) is 5.69 Å². The molecule has 0 saturated carbocycles. The molecule has 1 amide bonds. The van der Waals surface area contributed by atoms with Crippen molar-refractivity contribution in [2.24, 2.45) is 0 Å². The van der Waals surface area contributed by atoms with E-state index in [2.05, 4.69) is 15.6 Å². The molecule has 0 aliphatic heterocycles. The molecule has 1 heterocycles. The number of rotatable bonds is 6. The molecule has 2 N–H and O–H groups in total. The molecule has 0 aliphatic rings. The number of hydrogen-bond donors (Lipinski definition) is 2. The Kier molecular flexibility index (Phi) is 5.00. The molecule has 2 aromatic rings. The summed E-state index contributed by atoms with van der Waals surface area (Å²) in [5, 5.41) is 19.9. The van der Waals surface area contributed by atoms with Crippen LogP contribution >= 0.6 is 11.6 Å². The number of benzene rings is 1. The van der Waals surface area contributed by atoms with Crippen molar-refractivity contribution in [3.05, 3.63) is 41.2 Å². The van der Waals surface area contributed by atoms with Crippen LogP contribution in [0.1, 0.15) is 37.2 Å². The molecule has 0 saturated heterocycles. The molecule has 122 valence electrons. The van der Waals surface area contributed by atoms with Gasteiger partial charge in [0.1, 0.15) is 5.54 Å². The van der Waals surface area contributed by atoms with Gasteiger partial charge >= 0.3 is 5.97 Å². The summed E-state index contributed by atoms with van der Waals surface area (Å²) in [7, 11) is 0. The van der Waals surface area contributed by atoms with Gasteiger partial charge in [-0.05, 0) is 25.5 Å². The Morgan fingerprint density at radius 2 is 2.09 bits per heavy atom. The van der Waals surface area contributed by atoms with Gasteiger partial charge in [0, 0.05) is 0 Å². The summed E-state index contributed by atoms with van der Waals surface area (Å²) in [4.78, 5) is 23.6. The number of carboxylic acid groups (broad SMARTS) is 1. The van der Waals surface area contributed by atoms with E-state index < -0.39 is 17.4 Å². The Balaban J connectivity index is 2.22. The molecular formula is C15H17ClN4O3. The van der Waals surface area contributed by atoms with E-state index in [-0.39, 0.29) is 5.69 Å². The lowest BCUT2D eigenvalue weighted by molar-refractivity contribution is -0.144. The van der Waals surface area contributed by atoms with Crippen molar-refractivity contribution < 1.29 is 14.7 Å². The van der Waals surface area contributed by atoms with Crippen LogP contribution in [0.3, 0.4) is 0 Å². The summed E-state index contributed by atoms with van der Waals surface area (Å²) in [5.41, 5.74) is -0.747. The first-order valence-electron chi connectivity index (χ1n) is 7.10. The van der Waals surface area contributed by atoms with E-state index >= 15 is 0 Å². The van der Waals surface area contributed by atoms with Crippen LogP contribution in [-0.2, 0) is 4.79 Å². The van der Waals surface area contributed by atoms with Crippen molar-refractivity contribution >= 4 is 23.5 Å². The summed E-state index contributed by atoms with van der Waals surface area (Å²) in [6, 6.07) is 6.99. The molecule has 0 aliphatic carbocycles. The standard InChI is InChI=1S/C15H17ClN4O3/c1-3-8-15(2,14(22)23)17-13(21)11-9-20(19-18-11)12-7-5-4-6-10(12)16/h4-7,9H,3,8H2,1-2H3,(H,17,21)(H,22,23). The molecule has 2 rings (SSSR count). The highest BCUT2D eigenvalue weighted by atomic mass is 35.5. The number of amides is 1. The van der Waals surface area contributed by atoms with Crippen LogP contribution < -0.4 is 5.32 Å². The average Bonchev–Trinajstić information content (AvgIpc) is 2.97. The van der Waals surface area contributed by atoms with Crippen molar-refractivity contribution in [2.75, 3.05) is 0 Å². The average molecular weight is 337 g/mol. The van der Waals surface area contributed by atoms with Gasteiger partial charge in [-0.25, -0.2) is 9.48 Å². The third kappa shape index (κ3) is 3.68. The molecule has 0 bridgehead atoms. The van der Waals surface area contributed by atoms with Crippen molar-refractivity contribution in [3.8, 4) is 5.69 Å². The fourth-order valence-corrected chi connectivity index (χ4v) is 2.38. The number of carboxylic acids is 1. The minimum atomic E-state index is -1.35. The summed E-state index contributed by atoms with van der Waals surface area (Å²) < 4.78 is 1.37. The number of aliphatic carboxylic acids is 1. The summed E-state index contributed by atoms with van der Waals surface area (Å²) >= 11 is 6.07. The first kappa shape index (κ1) is 17.0. The van der Waals surface area contributed by atoms with Gasteiger partial charge in [-0.2, -0.15) is 0 Å². The molecule has 7 nitrogen and oxygen atoms in total. The molecule has 23 heavy (non-hydrogen) atoms. The molecule has 1 aromatic carbocycles. The van der Waals surface area contributed by atoms with Crippen LogP contribution in [0, 0.1) is 0 Å². The Hall–Kier alpha value is -2.41. The first-order valence-corrected chi connectivity index (χ1v) is 7.48. The highest BCUT2D eigenvalue weighted by Crippen LogP contribution is 2.19. The largest absolute Gasteiger partial charge is 0.480 e. The van der Waals surface area contributed by atoms with Gasteiger partial charge in [-0.15, -0.1) is 5.10 Å². The van der Waals surface area contributed by atoms with Crippen molar-refractivity contribution in [2.45, 2.75) is 32.2 Å². The molecule has 8 heteroatoms. The van der Waals surface area contributed by atoms with E-state index in [0.717, 1.165) is 0 Å². The second-order valence-electron chi connectivity index (χ2n) is 5.34. The third-order valence-corrected chi connectivity index (χ3v) is 3.76. The van der Waals surface area contributed by atoms with E-state index in [1.807, 2.05) is 6.92 Å². The Morgan fingerprint density at radius 1 is 1.39 bits per heavy atom. The Morgan fingerprint density at radius 3 is 2.70 bits per heavy atom. The van der Waals surface area contributed by atoms with Crippen LogP contribution in [0.2, 0.25) is 5.02 Å². The molecule has 0 spiro atoms. The van der Waals surface area contributed by atoms with E-state index in [1.165, 1.54) is 17.8 Å². The number of carbonyl (C=O) groups is 2. The van der Waals surface area contributed by atoms with E-state index in [0.29, 0.717) is 23.6 Å². The van der Waals surface area contributed by atoms with Crippen LogP contribution in [0.5, 0.6) is 0 Å². The maximum absolute atomic E-state index is 12.2. The number of aromatic nitrogens is 3. The number of halogens is 1. The number of para-hydroxylation sites is 1. The van der Waals surface area contributed by atoms with Crippen molar-refractivity contribution in [1.29, 1.82) is 0 Å². The topological polar surface area (TPSA) is 97.1 Å². The van der Waals surface area contributed by atoms with Crippen LogP contribution in [0.4, 0.5) is 0 Å². The van der Waals surface area contributed by atoms with Crippen LogP contribution in [0.15, 0.2) is 30.5 Å². The SMILES string of the molecule is CCCC(C)(NC(=O)c1cn(-c2ccccc2Cl)nn1)C(=O)O. The normalized spacial score (nSPS) is 13.3. The third-order valence-electron chi connectivity index (χ3n) is 3.44. The zero-order chi connectivity index (χ0) is 17.0. The summed E-state index contributed by atoms with van der Waals surface area (Å²) in [6.07, 6.45) is 2.34. The minimum absolute atomic E-state index is 0.0218. The predicted molar refractivity (Wildman–Crippen MR) is 84.8 cm³/mol. The highest BCUT2D eigenvalue weighted by Gasteiger charge is 2.34. The van der Waals surface area contributed by atoms with Gasteiger partial charge < -0.3 is 10.4 Å². The van der Waals surface area contributed by atoms with E-state index in [9.17, 15) is 14.7 Å². The molecule has 0 fully saturated rings. The maximum Gasteiger partial charge on any atom is 0.329 e. The van der Waals surface area contributed by atoms with Gasteiger partial charge in [0.25, 0.3) is 5.91 Å². The quantitative estimate of drug-likeness (QED) is 0.843. The second kappa shape index (κ2) is 6.78.